The molecule has 3 rings (SSSR count). The molecule has 0 aliphatic carbocycles. The highest BCUT2D eigenvalue weighted by molar-refractivity contribution is 5.75. The monoisotopic (exact) mass is 328 g/mol. The number of nitrogens with zero attached hydrogens (tertiary/aromatic N) is 2. The van der Waals surface area contributed by atoms with Crippen molar-refractivity contribution in [2.24, 2.45) is 0 Å². The minimum Gasteiger partial charge on any atom is -0.366 e. The predicted molar refractivity (Wildman–Crippen MR) is 91.3 cm³/mol. The van der Waals surface area contributed by atoms with Crippen molar-refractivity contribution >= 4 is 11.6 Å². The van der Waals surface area contributed by atoms with Crippen LogP contribution in [0.5, 0.6) is 0 Å². The molecule has 0 saturated carbocycles. The number of aromatic amines is 1. The molecule has 126 valence electrons. The van der Waals surface area contributed by atoms with Gasteiger partial charge < -0.3 is 10.2 Å². The van der Waals surface area contributed by atoms with Gasteiger partial charge in [0, 0.05) is 37.0 Å². The van der Waals surface area contributed by atoms with Crippen molar-refractivity contribution in [3.8, 4) is 0 Å². The van der Waals surface area contributed by atoms with Crippen molar-refractivity contribution in [2.75, 3.05) is 18.0 Å². The van der Waals surface area contributed by atoms with Gasteiger partial charge >= 0.3 is 0 Å². The summed E-state index contributed by atoms with van der Waals surface area (Å²) < 4.78 is 1.01. The molecule has 7 nitrogen and oxygen atoms in total. The Balaban J connectivity index is 1.58. The number of para-hydroxylation sites is 1. The normalized spacial score (nSPS) is 14.3. The van der Waals surface area contributed by atoms with Crippen LogP contribution in [0.1, 0.15) is 12.5 Å². The highest BCUT2D eigenvalue weighted by Gasteiger charge is 2.23. The fraction of sp³-hybridized carbons (Fsp3) is 0.353. The first kappa shape index (κ1) is 16.0. The number of aromatic nitrogens is 2. The molecule has 1 aromatic heterocycles. The summed E-state index contributed by atoms with van der Waals surface area (Å²) in [6.07, 6.45) is 1.01. The summed E-state index contributed by atoms with van der Waals surface area (Å²) in [5, 5.41) is 5.16. The maximum absolute atomic E-state index is 12.0. The van der Waals surface area contributed by atoms with E-state index >= 15 is 0 Å². The number of benzene rings is 1. The van der Waals surface area contributed by atoms with Gasteiger partial charge in [0.05, 0.1) is 0 Å². The van der Waals surface area contributed by atoms with E-state index in [1.54, 1.807) is 0 Å². The molecule has 1 aromatic carbocycles. The minimum atomic E-state index is -0.413. The third kappa shape index (κ3) is 3.40. The van der Waals surface area contributed by atoms with E-state index in [-0.39, 0.29) is 18.5 Å². The summed E-state index contributed by atoms with van der Waals surface area (Å²) in [6, 6.07) is 10.7. The number of hydrogen-bond donors (Lipinski definition) is 2. The van der Waals surface area contributed by atoms with E-state index < -0.39 is 11.1 Å². The van der Waals surface area contributed by atoms with E-state index in [0.29, 0.717) is 6.54 Å². The van der Waals surface area contributed by atoms with E-state index in [1.165, 1.54) is 11.3 Å². The summed E-state index contributed by atoms with van der Waals surface area (Å²) >= 11 is 0. The fourth-order valence-corrected chi connectivity index (χ4v) is 2.97. The SMILES string of the molecule is C[C@H](CNC(=O)Cn1[nH]c(=O)ccc1=O)N1CCc2ccccc21. The number of hydrogen-bond acceptors (Lipinski definition) is 4. The van der Waals surface area contributed by atoms with Gasteiger partial charge in [-0.05, 0) is 25.0 Å². The molecule has 1 aliphatic rings. The van der Waals surface area contributed by atoms with E-state index in [9.17, 15) is 14.4 Å². The Kier molecular flexibility index (Phi) is 4.50. The lowest BCUT2D eigenvalue weighted by Gasteiger charge is -2.27. The Morgan fingerprint density at radius 2 is 2.04 bits per heavy atom. The average Bonchev–Trinajstić information content (AvgIpc) is 3.00. The number of H-pyrrole nitrogens is 1. The van der Waals surface area contributed by atoms with Gasteiger partial charge in [0.2, 0.25) is 5.91 Å². The van der Waals surface area contributed by atoms with Crippen molar-refractivity contribution in [3.63, 3.8) is 0 Å². The van der Waals surface area contributed by atoms with Crippen LogP contribution in [0.25, 0.3) is 0 Å². The number of anilines is 1. The first-order valence-corrected chi connectivity index (χ1v) is 7.96. The number of carbonyl (C=O) groups excluding carboxylic acids is 1. The first-order chi connectivity index (χ1) is 11.5. The van der Waals surface area contributed by atoms with Crippen molar-refractivity contribution in [3.05, 3.63) is 62.7 Å². The molecule has 1 atom stereocenters. The molecule has 0 bridgehead atoms. The molecule has 0 saturated heterocycles. The second-order valence-corrected chi connectivity index (χ2v) is 5.96. The van der Waals surface area contributed by atoms with E-state index in [1.807, 2.05) is 12.1 Å². The Labute approximate surface area is 138 Å². The molecule has 7 heteroatoms. The topological polar surface area (TPSA) is 87.2 Å². The number of nitrogens with one attached hydrogen (secondary N) is 2. The van der Waals surface area contributed by atoms with E-state index in [2.05, 4.69) is 34.4 Å². The fourth-order valence-electron chi connectivity index (χ4n) is 2.97. The highest BCUT2D eigenvalue weighted by atomic mass is 16.2. The maximum Gasteiger partial charge on any atom is 0.265 e. The van der Waals surface area contributed by atoms with E-state index in [0.717, 1.165) is 29.8 Å². The van der Waals surface area contributed by atoms with Crippen LogP contribution in [-0.2, 0) is 17.8 Å². The number of carbonyl (C=O) groups is 1. The van der Waals surface area contributed by atoms with Crippen LogP contribution in [-0.4, -0.2) is 34.8 Å². The lowest BCUT2D eigenvalue weighted by atomic mass is 10.2. The van der Waals surface area contributed by atoms with Gasteiger partial charge in [-0.25, -0.2) is 4.68 Å². The molecular formula is C17H20N4O3. The van der Waals surface area contributed by atoms with Gasteiger partial charge in [0.1, 0.15) is 6.54 Å². The number of fused-ring (bicyclic) bond motifs is 1. The Hall–Kier alpha value is -2.83. The first-order valence-electron chi connectivity index (χ1n) is 7.96. The molecule has 1 amide bonds. The molecule has 0 unspecified atom stereocenters. The maximum atomic E-state index is 12.0. The van der Waals surface area contributed by atoms with Gasteiger partial charge in [0.25, 0.3) is 11.1 Å². The van der Waals surface area contributed by atoms with Gasteiger partial charge in [-0.1, -0.05) is 18.2 Å². The van der Waals surface area contributed by atoms with Crippen LogP contribution >= 0.6 is 0 Å². The van der Waals surface area contributed by atoms with Crippen LogP contribution in [0.4, 0.5) is 5.69 Å². The van der Waals surface area contributed by atoms with Crippen molar-refractivity contribution in [2.45, 2.75) is 25.9 Å². The summed E-state index contributed by atoms with van der Waals surface area (Å²) in [5.74, 6) is -0.307. The van der Waals surface area contributed by atoms with Crippen molar-refractivity contribution in [1.29, 1.82) is 0 Å². The second-order valence-electron chi connectivity index (χ2n) is 5.96. The Morgan fingerprint density at radius 3 is 2.88 bits per heavy atom. The summed E-state index contributed by atoms with van der Waals surface area (Å²) in [6.45, 7) is 3.26. The van der Waals surface area contributed by atoms with Crippen molar-refractivity contribution in [1.82, 2.24) is 15.1 Å². The molecule has 24 heavy (non-hydrogen) atoms. The predicted octanol–water partition coefficient (Wildman–Crippen LogP) is 0.104. The molecule has 0 fully saturated rings. The molecule has 2 N–H and O–H groups in total. The second kappa shape index (κ2) is 6.74. The summed E-state index contributed by atoms with van der Waals surface area (Å²) in [4.78, 5) is 37.1. The number of amides is 1. The summed E-state index contributed by atoms with van der Waals surface area (Å²) in [5.41, 5.74) is 1.71. The average molecular weight is 328 g/mol. The smallest absolute Gasteiger partial charge is 0.265 e. The summed E-state index contributed by atoms with van der Waals surface area (Å²) in [7, 11) is 0. The molecular weight excluding hydrogens is 308 g/mol. The lowest BCUT2D eigenvalue weighted by Crippen LogP contribution is -2.43. The largest absolute Gasteiger partial charge is 0.366 e. The zero-order valence-electron chi connectivity index (χ0n) is 13.5. The molecule has 0 radical (unpaired) electrons. The van der Waals surface area contributed by atoms with Crippen LogP contribution in [0.15, 0.2) is 46.0 Å². The molecule has 2 heterocycles. The van der Waals surface area contributed by atoms with Crippen molar-refractivity contribution < 1.29 is 4.79 Å². The van der Waals surface area contributed by atoms with Gasteiger partial charge in [-0.15, -0.1) is 0 Å². The molecule has 0 spiro atoms. The van der Waals surface area contributed by atoms with Crippen LogP contribution in [0.3, 0.4) is 0 Å². The minimum absolute atomic E-state index is 0.143. The van der Waals surface area contributed by atoms with Gasteiger partial charge in [-0.3, -0.25) is 19.5 Å². The van der Waals surface area contributed by atoms with Crippen LogP contribution in [0, 0.1) is 0 Å². The van der Waals surface area contributed by atoms with Crippen LogP contribution < -0.4 is 21.3 Å². The molecule has 1 aliphatic heterocycles. The standard InChI is InChI=1S/C17H20N4O3/c1-12(20-9-8-13-4-2-3-5-14(13)20)10-18-16(23)11-21-17(24)7-6-15(22)19-21/h2-7,12H,8-11H2,1H3,(H,18,23)(H,19,22)/t12-/m1/s1. The quantitative estimate of drug-likeness (QED) is 0.815. The van der Waals surface area contributed by atoms with E-state index in [4.69, 9.17) is 0 Å². The Bertz CT molecular complexity index is 855. The zero-order valence-corrected chi connectivity index (χ0v) is 13.5. The highest BCUT2D eigenvalue weighted by Crippen LogP contribution is 2.28. The van der Waals surface area contributed by atoms with Gasteiger partial charge in [-0.2, -0.15) is 0 Å². The van der Waals surface area contributed by atoms with Gasteiger partial charge in [0.15, 0.2) is 0 Å². The third-order valence-electron chi connectivity index (χ3n) is 4.24. The molecule has 2 aromatic rings. The Morgan fingerprint density at radius 1 is 1.25 bits per heavy atom. The number of rotatable bonds is 5. The third-order valence-corrected chi connectivity index (χ3v) is 4.24. The zero-order chi connectivity index (χ0) is 17.1. The van der Waals surface area contributed by atoms with Crippen LogP contribution in [0.2, 0.25) is 0 Å². The lowest BCUT2D eigenvalue weighted by molar-refractivity contribution is -0.121.